The second kappa shape index (κ2) is 6.69. The van der Waals surface area contributed by atoms with E-state index in [1.807, 2.05) is 27.7 Å². The van der Waals surface area contributed by atoms with Crippen LogP contribution in [0.1, 0.15) is 48.5 Å². The molecule has 1 heterocycles. The van der Waals surface area contributed by atoms with Gasteiger partial charge in [0.1, 0.15) is 11.3 Å². The zero-order valence-electron chi connectivity index (χ0n) is 14.5. The lowest BCUT2D eigenvalue weighted by molar-refractivity contribution is -0.137. The van der Waals surface area contributed by atoms with Crippen LogP contribution in [0.5, 0.6) is 0 Å². The fourth-order valence-electron chi connectivity index (χ4n) is 2.39. The highest BCUT2D eigenvalue weighted by Crippen LogP contribution is 2.34. The zero-order valence-corrected chi connectivity index (χ0v) is 14.5. The van der Waals surface area contributed by atoms with Crippen molar-refractivity contribution in [2.75, 3.05) is 6.61 Å². The van der Waals surface area contributed by atoms with Gasteiger partial charge in [0.05, 0.1) is 18.8 Å². The summed E-state index contributed by atoms with van der Waals surface area (Å²) in [5, 5.41) is 0. The minimum atomic E-state index is -0.814. The van der Waals surface area contributed by atoms with E-state index in [1.54, 1.807) is 31.7 Å². The van der Waals surface area contributed by atoms with Gasteiger partial charge in [0.15, 0.2) is 0 Å². The number of esters is 1. The van der Waals surface area contributed by atoms with Crippen LogP contribution in [0.3, 0.4) is 0 Å². The first-order valence-electron chi connectivity index (χ1n) is 7.53. The van der Waals surface area contributed by atoms with Crippen LogP contribution in [0.4, 0.5) is 4.79 Å². The second-order valence-electron chi connectivity index (χ2n) is 6.73. The molecule has 0 bridgehead atoms. The Labute approximate surface area is 132 Å². The van der Waals surface area contributed by atoms with Crippen molar-refractivity contribution in [1.29, 1.82) is 0 Å². The lowest BCUT2D eigenvalue weighted by atomic mass is 10.1. The molecule has 22 heavy (non-hydrogen) atoms. The Kier molecular flexibility index (Phi) is 5.62. The van der Waals surface area contributed by atoms with Gasteiger partial charge in [-0.3, -0.25) is 4.90 Å². The molecule has 0 radical (unpaired) electrons. The first kappa shape index (κ1) is 18.5. The third-order valence-corrected chi connectivity index (χ3v) is 3.19. The maximum atomic E-state index is 12.4. The molecule has 0 spiro atoms. The predicted octanol–water partition coefficient (Wildman–Crippen LogP) is 2.87. The topological polar surface area (TPSA) is 65.1 Å². The van der Waals surface area contributed by atoms with Gasteiger partial charge < -0.3 is 14.2 Å². The van der Waals surface area contributed by atoms with E-state index in [4.69, 9.17) is 14.2 Å². The van der Waals surface area contributed by atoms with Crippen molar-refractivity contribution in [2.45, 2.75) is 71.9 Å². The molecule has 1 rings (SSSR count). The quantitative estimate of drug-likeness (QED) is 0.592. The summed E-state index contributed by atoms with van der Waals surface area (Å²) in [4.78, 5) is 25.3. The van der Waals surface area contributed by atoms with E-state index in [9.17, 15) is 9.59 Å². The normalized spacial score (nSPS) is 24.6. The van der Waals surface area contributed by atoms with Crippen LogP contribution in [0.2, 0.25) is 0 Å². The van der Waals surface area contributed by atoms with Gasteiger partial charge in [0.25, 0.3) is 0 Å². The van der Waals surface area contributed by atoms with Crippen molar-refractivity contribution in [3.63, 3.8) is 0 Å². The van der Waals surface area contributed by atoms with Gasteiger partial charge in [-0.05, 0) is 54.5 Å². The van der Waals surface area contributed by atoms with Gasteiger partial charge in [-0.1, -0.05) is 0 Å². The third-order valence-electron chi connectivity index (χ3n) is 3.19. The molecule has 0 aromatic rings. The maximum Gasteiger partial charge on any atom is 0.412 e. The van der Waals surface area contributed by atoms with Crippen LogP contribution >= 0.6 is 0 Å². The molecule has 0 N–H and O–H groups in total. The van der Waals surface area contributed by atoms with Gasteiger partial charge >= 0.3 is 12.1 Å². The molecule has 126 valence electrons. The van der Waals surface area contributed by atoms with E-state index in [0.717, 1.165) is 0 Å². The van der Waals surface area contributed by atoms with Gasteiger partial charge in [-0.15, -0.1) is 0 Å². The highest BCUT2D eigenvalue weighted by molar-refractivity contribution is 5.82. The molecule has 1 aliphatic heterocycles. The Balaban J connectivity index is 2.84. The molecule has 0 aromatic carbocycles. The molecule has 6 nitrogen and oxygen atoms in total. The predicted molar refractivity (Wildman–Crippen MR) is 82.3 cm³/mol. The van der Waals surface area contributed by atoms with Crippen LogP contribution in [-0.4, -0.2) is 47.0 Å². The van der Waals surface area contributed by atoms with E-state index < -0.39 is 29.5 Å². The maximum absolute atomic E-state index is 12.4. The Morgan fingerprint density at radius 1 is 1.32 bits per heavy atom. The zero-order chi connectivity index (χ0) is 17.1. The van der Waals surface area contributed by atoms with E-state index in [0.29, 0.717) is 6.61 Å². The first-order chi connectivity index (χ1) is 9.98. The number of hydrogen-bond acceptors (Lipinski definition) is 5. The second-order valence-corrected chi connectivity index (χ2v) is 6.73. The lowest BCUT2D eigenvalue weighted by Gasteiger charge is -2.34. The Hall–Kier alpha value is -1.56. The number of carbonyl (C=O) groups is 2. The van der Waals surface area contributed by atoms with Gasteiger partial charge in [0, 0.05) is 6.08 Å². The monoisotopic (exact) mass is 313 g/mol. The summed E-state index contributed by atoms with van der Waals surface area (Å²) in [5.74, 6) is -0.424. The van der Waals surface area contributed by atoms with Crippen molar-refractivity contribution in [3.8, 4) is 0 Å². The standard InChI is InChI=1S/C16H27NO5/c1-8-20-13(18)10-9-12-11(2)17(16(6,7)21-12)14(19)22-15(3,4)5/h9-12H,8H2,1-7H3/b10-9+/t11-,12-/m1/s1. The van der Waals surface area contributed by atoms with E-state index in [-0.39, 0.29) is 6.04 Å². The van der Waals surface area contributed by atoms with Crippen molar-refractivity contribution < 1.29 is 23.8 Å². The first-order valence-corrected chi connectivity index (χ1v) is 7.53. The summed E-state index contributed by atoms with van der Waals surface area (Å²) in [6.45, 7) is 13.0. The summed E-state index contributed by atoms with van der Waals surface area (Å²) in [6.07, 6.45) is 2.12. The van der Waals surface area contributed by atoms with Crippen molar-refractivity contribution in [1.82, 2.24) is 4.90 Å². The van der Waals surface area contributed by atoms with E-state index in [1.165, 1.54) is 6.08 Å². The van der Waals surface area contributed by atoms with Gasteiger partial charge in [-0.25, -0.2) is 9.59 Å². The average molecular weight is 313 g/mol. The molecule has 0 aliphatic carbocycles. The van der Waals surface area contributed by atoms with E-state index in [2.05, 4.69) is 0 Å². The van der Waals surface area contributed by atoms with E-state index >= 15 is 0 Å². The van der Waals surface area contributed by atoms with Crippen molar-refractivity contribution >= 4 is 12.1 Å². The third kappa shape index (κ3) is 4.73. The fraction of sp³-hybridized carbons (Fsp3) is 0.750. The van der Waals surface area contributed by atoms with Crippen molar-refractivity contribution in [2.24, 2.45) is 0 Å². The number of hydrogen-bond donors (Lipinski definition) is 0. The molecule has 1 aliphatic rings. The summed E-state index contributed by atoms with van der Waals surface area (Å²) in [7, 11) is 0. The number of carbonyl (C=O) groups excluding carboxylic acids is 2. The summed E-state index contributed by atoms with van der Waals surface area (Å²) in [5.41, 5.74) is -1.39. The van der Waals surface area contributed by atoms with Crippen molar-refractivity contribution in [3.05, 3.63) is 12.2 Å². The molecule has 1 fully saturated rings. The van der Waals surface area contributed by atoms with Crippen LogP contribution in [0.25, 0.3) is 0 Å². The Bertz CT molecular complexity index is 450. The molecule has 1 amide bonds. The largest absolute Gasteiger partial charge is 0.463 e. The molecule has 0 aromatic heterocycles. The number of rotatable bonds is 3. The number of amides is 1. The molecule has 6 heteroatoms. The van der Waals surface area contributed by atoms with Crippen LogP contribution in [0.15, 0.2) is 12.2 Å². The average Bonchev–Trinajstić information content (AvgIpc) is 2.54. The number of ether oxygens (including phenoxy) is 3. The fourth-order valence-corrected chi connectivity index (χ4v) is 2.39. The van der Waals surface area contributed by atoms with Crippen LogP contribution < -0.4 is 0 Å². The number of nitrogens with zero attached hydrogens (tertiary/aromatic N) is 1. The van der Waals surface area contributed by atoms with Crippen LogP contribution in [0, 0.1) is 0 Å². The minimum absolute atomic E-state index is 0.254. The summed E-state index contributed by atoms with van der Waals surface area (Å²) >= 11 is 0. The Morgan fingerprint density at radius 3 is 2.41 bits per heavy atom. The lowest BCUT2D eigenvalue weighted by Crippen LogP contribution is -2.49. The van der Waals surface area contributed by atoms with Gasteiger partial charge in [-0.2, -0.15) is 0 Å². The molecular formula is C16H27NO5. The summed E-state index contributed by atoms with van der Waals surface area (Å²) < 4.78 is 16.1. The molecule has 0 saturated carbocycles. The SMILES string of the molecule is CCOC(=O)/C=C/[C@H]1OC(C)(C)N(C(=O)OC(C)(C)C)[C@@H]1C. The molecule has 1 saturated heterocycles. The minimum Gasteiger partial charge on any atom is -0.463 e. The van der Waals surface area contributed by atoms with Gasteiger partial charge in [0.2, 0.25) is 0 Å². The molecule has 0 unspecified atom stereocenters. The Morgan fingerprint density at radius 2 is 1.91 bits per heavy atom. The van der Waals surface area contributed by atoms with Crippen LogP contribution in [-0.2, 0) is 19.0 Å². The highest BCUT2D eigenvalue weighted by atomic mass is 16.6. The summed E-state index contributed by atoms with van der Waals surface area (Å²) in [6, 6.07) is -0.254. The highest BCUT2D eigenvalue weighted by Gasteiger charge is 2.48. The molecular weight excluding hydrogens is 286 g/mol. The molecule has 2 atom stereocenters. The smallest absolute Gasteiger partial charge is 0.412 e.